The molecular weight excluding hydrogens is 482 g/mol. The Morgan fingerprint density at radius 2 is 1.94 bits per heavy atom. The van der Waals surface area contributed by atoms with E-state index in [1.807, 2.05) is 18.2 Å². The van der Waals surface area contributed by atoms with E-state index in [-0.39, 0.29) is 41.0 Å². The number of ketones is 1. The number of aliphatic hydroxyl groups is 1. The summed E-state index contributed by atoms with van der Waals surface area (Å²) in [5, 5.41) is 16.1. The second-order valence-electron chi connectivity index (χ2n) is 8.55. The average Bonchev–Trinajstić information content (AvgIpc) is 3.34. The van der Waals surface area contributed by atoms with Gasteiger partial charge in [0.1, 0.15) is 17.8 Å². The Hall–Kier alpha value is -3.79. The number of carbonyl (C=O) groups is 2. The van der Waals surface area contributed by atoms with Crippen LogP contribution in [0.15, 0.2) is 61.1 Å². The molecule has 0 radical (unpaired) electrons. The molecule has 0 spiro atoms. The number of fused-ring (bicyclic) bond motifs is 1. The molecule has 1 amide bonds. The van der Waals surface area contributed by atoms with Crippen LogP contribution in [0, 0.1) is 0 Å². The molecule has 1 aliphatic heterocycles. The third kappa shape index (κ3) is 4.94. The summed E-state index contributed by atoms with van der Waals surface area (Å²) >= 11 is 6.47. The lowest BCUT2D eigenvalue weighted by Crippen LogP contribution is -2.36. The van der Waals surface area contributed by atoms with Crippen molar-refractivity contribution in [2.24, 2.45) is 0 Å². The molecule has 5 rings (SSSR count). The van der Waals surface area contributed by atoms with Crippen LogP contribution in [0.2, 0.25) is 5.02 Å². The van der Waals surface area contributed by atoms with E-state index in [1.54, 1.807) is 30.5 Å². The standard InChI is InChI=1S/C26H24ClN5O4/c27-21-10-15(26(35)32-16-4-2-1-3-5-16)6-9-19(21)23(34)20-11-28-24-22(20)25(30-14-29-24)31-17-7-8-18(12-33)36-13-17/h1-6,9-11,14,17-18,33H,7-8,12-13H2,(H,32,35)(H2,28,29,30,31)/t17-,18-/m1/s1. The minimum Gasteiger partial charge on any atom is -0.394 e. The number of benzene rings is 2. The van der Waals surface area contributed by atoms with Crippen molar-refractivity contribution in [3.63, 3.8) is 0 Å². The Balaban J connectivity index is 1.38. The molecule has 4 N–H and O–H groups in total. The zero-order valence-corrected chi connectivity index (χ0v) is 20.0. The van der Waals surface area contributed by atoms with Crippen LogP contribution in [0.5, 0.6) is 0 Å². The number of aromatic amines is 1. The van der Waals surface area contributed by atoms with Gasteiger partial charge in [-0.05, 0) is 43.2 Å². The molecule has 184 valence electrons. The third-order valence-electron chi connectivity index (χ3n) is 6.14. The molecule has 3 heterocycles. The highest BCUT2D eigenvalue weighted by molar-refractivity contribution is 6.36. The number of aromatic nitrogens is 3. The average molecular weight is 506 g/mol. The first-order chi connectivity index (χ1) is 17.5. The Kier molecular flexibility index (Phi) is 6.95. The van der Waals surface area contributed by atoms with E-state index < -0.39 is 0 Å². The van der Waals surface area contributed by atoms with E-state index in [0.717, 1.165) is 12.8 Å². The summed E-state index contributed by atoms with van der Waals surface area (Å²) in [7, 11) is 0. The summed E-state index contributed by atoms with van der Waals surface area (Å²) in [6, 6.07) is 13.7. The molecule has 0 saturated carbocycles. The largest absolute Gasteiger partial charge is 0.394 e. The van der Waals surface area contributed by atoms with Gasteiger partial charge in [-0.1, -0.05) is 29.8 Å². The van der Waals surface area contributed by atoms with E-state index >= 15 is 0 Å². The van der Waals surface area contributed by atoms with Crippen LogP contribution in [0.1, 0.15) is 39.1 Å². The van der Waals surface area contributed by atoms with Gasteiger partial charge in [-0.15, -0.1) is 0 Å². The minimum atomic E-state index is -0.327. The lowest BCUT2D eigenvalue weighted by molar-refractivity contribution is -0.0224. The minimum absolute atomic E-state index is 0.00556. The number of hydrogen-bond acceptors (Lipinski definition) is 7. The Bertz CT molecular complexity index is 1400. The fourth-order valence-corrected chi connectivity index (χ4v) is 4.49. The molecule has 2 atom stereocenters. The van der Waals surface area contributed by atoms with Crippen molar-refractivity contribution in [2.45, 2.75) is 25.0 Å². The number of carbonyl (C=O) groups excluding carboxylic acids is 2. The molecule has 0 aliphatic carbocycles. The van der Waals surface area contributed by atoms with Gasteiger partial charge in [-0.25, -0.2) is 9.97 Å². The van der Waals surface area contributed by atoms with Crippen molar-refractivity contribution in [1.82, 2.24) is 15.0 Å². The topological polar surface area (TPSA) is 129 Å². The fourth-order valence-electron chi connectivity index (χ4n) is 4.22. The van der Waals surface area contributed by atoms with Gasteiger partial charge < -0.3 is 25.5 Å². The van der Waals surface area contributed by atoms with Gasteiger partial charge in [0, 0.05) is 23.0 Å². The smallest absolute Gasteiger partial charge is 0.255 e. The maximum atomic E-state index is 13.5. The number of amides is 1. The number of nitrogens with zero attached hydrogens (tertiary/aromatic N) is 2. The maximum Gasteiger partial charge on any atom is 0.255 e. The Morgan fingerprint density at radius 3 is 2.67 bits per heavy atom. The van der Waals surface area contributed by atoms with Gasteiger partial charge in [0.2, 0.25) is 0 Å². The number of aliphatic hydroxyl groups excluding tert-OH is 1. The SMILES string of the molecule is O=C(Nc1ccccc1)c1ccc(C(=O)c2c[nH]c3ncnc(N[C@@H]4CC[C@H](CO)OC4)c23)c(Cl)c1. The predicted molar refractivity (Wildman–Crippen MR) is 137 cm³/mol. The maximum absolute atomic E-state index is 13.5. The molecule has 2 aromatic heterocycles. The second kappa shape index (κ2) is 10.4. The highest BCUT2D eigenvalue weighted by atomic mass is 35.5. The van der Waals surface area contributed by atoms with Crippen molar-refractivity contribution >= 4 is 45.8 Å². The van der Waals surface area contributed by atoms with Crippen molar-refractivity contribution in [1.29, 1.82) is 0 Å². The van der Waals surface area contributed by atoms with E-state index in [1.165, 1.54) is 12.4 Å². The van der Waals surface area contributed by atoms with Crippen LogP contribution < -0.4 is 10.6 Å². The molecule has 4 aromatic rings. The van der Waals surface area contributed by atoms with Crippen molar-refractivity contribution in [2.75, 3.05) is 23.8 Å². The molecular formula is C26H24ClN5O4. The summed E-state index contributed by atoms with van der Waals surface area (Å²) in [5.74, 6) is -0.137. The van der Waals surface area contributed by atoms with Crippen molar-refractivity contribution < 1.29 is 19.4 Å². The number of para-hydroxylation sites is 1. The third-order valence-corrected chi connectivity index (χ3v) is 6.45. The van der Waals surface area contributed by atoms with Crippen molar-refractivity contribution in [3.8, 4) is 0 Å². The highest BCUT2D eigenvalue weighted by Crippen LogP contribution is 2.30. The first-order valence-corrected chi connectivity index (χ1v) is 11.9. The van der Waals surface area contributed by atoms with Crippen LogP contribution in [-0.2, 0) is 4.74 Å². The first-order valence-electron chi connectivity index (χ1n) is 11.5. The molecule has 9 nitrogen and oxygen atoms in total. The highest BCUT2D eigenvalue weighted by Gasteiger charge is 2.25. The quantitative estimate of drug-likeness (QED) is 0.279. The number of anilines is 2. The lowest BCUT2D eigenvalue weighted by atomic mass is 10.0. The van der Waals surface area contributed by atoms with E-state index in [2.05, 4.69) is 25.6 Å². The number of ether oxygens (including phenoxy) is 1. The molecule has 36 heavy (non-hydrogen) atoms. The molecule has 2 aromatic carbocycles. The van der Waals surface area contributed by atoms with Crippen LogP contribution >= 0.6 is 11.6 Å². The van der Waals surface area contributed by atoms with Crippen LogP contribution in [0.4, 0.5) is 11.5 Å². The summed E-state index contributed by atoms with van der Waals surface area (Å²) in [6.45, 7) is 0.414. The number of rotatable bonds is 7. The number of nitrogens with one attached hydrogen (secondary N) is 3. The zero-order valence-electron chi connectivity index (χ0n) is 19.2. The number of halogens is 1. The van der Waals surface area contributed by atoms with E-state index in [4.69, 9.17) is 16.3 Å². The van der Waals surface area contributed by atoms with Gasteiger partial charge in [0.05, 0.1) is 41.3 Å². The summed E-state index contributed by atoms with van der Waals surface area (Å²) in [4.78, 5) is 37.8. The van der Waals surface area contributed by atoms with Gasteiger partial charge in [-0.2, -0.15) is 0 Å². The predicted octanol–water partition coefficient (Wildman–Crippen LogP) is 4.05. The fraction of sp³-hybridized carbons (Fsp3) is 0.231. The Morgan fingerprint density at radius 1 is 1.11 bits per heavy atom. The van der Waals surface area contributed by atoms with Crippen molar-refractivity contribution in [3.05, 3.63) is 82.8 Å². The van der Waals surface area contributed by atoms with Crippen LogP contribution in [0.25, 0.3) is 11.0 Å². The summed E-state index contributed by atoms with van der Waals surface area (Å²) in [5.41, 5.74) is 2.13. The molecule has 1 aliphatic rings. The normalized spacial score (nSPS) is 17.6. The zero-order chi connectivity index (χ0) is 25.1. The molecule has 0 unspecified atom stereocenters. The monoisotopic (exact) mass is 505 g/mol. The van der Waals surface area contributed by atoms with Crippen LogP contribution in [-0.4, -0.2) is 57.1 Å². The van der Waals surface area contributed by atoms with E-state index in [0.29, 0.717) is 40.3 Å². The Labute approximate surface area is 211 Å². The van der Waals surface area contributed by atoms with Gasteiger partial charge in [-0.3, -0.25) is 9.59 Å². The molecule has 0 bridgehead atoms. The molecule has 10 heteroatoms. The molecule has 1 fully saturated rings. The molecule has 1 saturated heterocycles. The lowest BCUT2D eigenvalue weighted by Gasteiger charge is -2.29. The number of hydrogen-bond donors (Lipinski definition) is 4. The summed E-state index contributed by atoms with van der Waals surface area (Å²) < 4.78 is 5.66. The number of H-pyrrole nitrogens is 1. The summed E-state index contributed by atoms with van der Waals surface area (Å²) in [6.07, 6.45) is 4.36. The second-order valence-corrected chi connectivity index (χ2v) is 8.96. The van der Waals surface area contributed by atoms with E-state index in [9.17, 15) is 14.7 Å². The van der Waals surface area contributed by atoms with Gasteiger partial charge in [0.25, 0.3) is 5.91 Å². The first kappa shape index (κ1) is 23.9. The van der Waals surface area contributed by atoms with Crippen LogP contribution in [0.3, 0.4) is 0 Å². The van der Waals surface area contributed by atoms with Gasteiger partial charge in [0.15, 0.2) is 5.78 Å². The van der Waals surface area contributed by atoms with Gasteiger partial charge >= 0.3 is 0 Å².